The molecule has 0 heterocycles. The van der Waals surface area contributed by atoms with Crippen molar-refractivity contribution in [2.75, 3.05) is 6.06 Å². The number of hydrogen-bond donors (Lipinski definition) is 0. The van der Waals surface area contributed by atoms with E-state index in [4.69, 9.17) is 15.9 Å². The molecule has 39 heavy (non-hydrogen) atoms. The molecule has 220 valence electrons. The largest absolute Gasteiger partial charge is 0.377 e. The van der Waals surface area contributed by atoms with E-state index in [1.807, 2.05) is 0 Å². The fraction of sp³-hybridized carbons (Fsp3) is 0.500. The fourth-order valence-electron chi connectivity index (χ4n) is 5.15. The first-order chi connectivity index (χ1) is 17.3. The summed E-state index contributed by atoms with van der Waals surface area (Å²) in [7, 11) is -5.96. The molecule has 0 atom stereocenters. The third-order valence-electron chi connectivity index (χ3n) is 6.61. The molecule has 0 saturated carbocycles. The molecule has 2 aromatic rings. The molecule has 2 rings (SSSR count). The average molecular weight is 627 g/mol. The van der Waals surface area contributed by atoms with Gasteiger partial charge < -0.3 is 15.9 Å². The number of rotatable bonds is 5. The third kappa shape index (κ3) is 5.56. The molecular formula is C24H29BClF10NPSi-. The second kappa shape index (κ2) is 10.4. The summed E-state index contributed by atoms with van der Waals surface area (Å²) in [5.41, 5.74) is -8.21. The first kappa shape index (κ1) is 33.7. The van der Waals surface area contributed by atoms with E-state index in [0.29, 0.717) is 0 Å². The van der Waals surface area contributed by atoms with Gasteiger partial charge in [0.15, 0.2) is 48.7 Å². The summed E-state index contributed by atoms with van der Waals surface area (Å²) in [6.45, 7) is 15.2. The maximum absolute atomic E-state index is 15.3. The summed E-state index contributed by atoms with van der Waals surface area (Å²) >= 11 is 6.70. The second-order valence-electron chi connectivity index (χ2n) is 12.5. The maximum Gasteiger partial charge on any atom is 0.200 e. The zero-order valence-corrected chi connectivity index (χ0v) is 25.5. The Hall–Kier alpha value is -1.46. The van der Waals surface area contributed by atoms with Crippen molar-refractivity contribution >= 4 is 43.2 Å². The van der Waals surface area contributed by atoms with Gasteiger partial charge in [-0.25, -0.2) is 43.9 Å². The highest BCUT2D eigenvalue weighted by molar-refractivity contribution is 7.74. The van der Waals surface area contributed by atoms with Gasteiger partial charge in [0.05, 0.1) is 0 Å². The van der Waals surface area contributed by atoms with Gasteiger partial charge in [0.1, 0.15) is 23.3 Å². The van der Waals surface area contributed by atoms with Gasteiger partial charge in [-0.05, 0) is 10.3 Å². The third-order valence-corrected chi connectivity index (χ3v) is 16.7. The summed E-state index contributed by atoms with van der Waals surface area (Å²) in [6.07, 6.45) is 0. The van der Waals surface area contributed by atoms with Crippen molar-refractivity contribution in [3.8, 4) is 0 Å². The summed E-state index contributed by atoms with van der Waals surface area (Å²) < 4.78 is 152. The van der Waals surface area contributed by atoms with Crippen LogP contribution in [-0.2, 0) is 0 Å². The fourth-order valence-corrected chi connectivity index (χ4v) is 17.2. The van der Waals surface area contributed by atoms with Crippen molar-refractivity contribution in [3.63, 3.8) is 0 Å². The van der Waals surface area contributed by atoms with Crippen LogP contribution in [0.2, 0.25) is 19.6 Å². The minimum atomic E-state index is -4.46. The first-order valence-electron chi connectivity index (χ1n) is 11.8. The molecule has 2 aromatic carbocycles. The molecule has 0 N–H and O–H groups in total. The van der Waals surface area contributed by atoms with Gasteiger partial charge in [-0.15, -0.1) is 17.0 Å². The van der Waals surface area contributed by atoms with Crippen LogP contribution in [0.5, 0.6) is 0 Å². The number of halogens is 11. The van der Waals surface area contributed by atoms with E-state index in [2.05, 4.69) is 0 Å². The molecule has 0 saturated heterocycles. The van der Waals surface area contributed by atoms with Gasteiger partial charge in [-0.2, -0.15) is 0 Å². The Bertz CT molecular complexity index is 1230. The Labute approximate surface area is 227 Å². The Morgan fingerprint density at radius 2 is 0.795 bits per heavy atom. The van der Waals surface area contributed by atoms with Gasteiger partial charge in [0.2, 0.25) is 0 Å². The Morgan fingerprint density at radius 3 is 1.00 bits per heavy atom. The molecule has 0 radical (unpaired) electrons. The van der Waals surface area contributed by atoms with Crippen molar-refractivity contribution in [2.45, 2.75) is 71.5 Å². The molecule has 0 aliphatic carbocycles. The van der Waals surface area contributed by atoms with Crippen molar-refractivity contribution in [2.24, 2.45) is 4.41 Å². The molecule has 0 aliphatic heterocycles. The topological polar surface area (TPSA) is 12.4 Å². The molecule has 1 nitrogen and oxygen atoms in total. The van der Waals surface area contributed by atoms with Crippen LogP contribution in [-0.4, -0.2) is 30.2 Å². The lowest BCUT2D eigenvalue weighted by Gasteiger charge is -2.54. The van der Waals surface area contributed by atoms with Crippen molar-refractivity contribution in [1.29, 1.82) is 0 Å². The van der Waals surface area contributed by atoms with E-state index < -0.39 is 106 Å². The molecule has 0 spiro atoms. The summed E-state index contributed by atoms with van der Waals surface area (Å²) in [5.74, 6) is -25.3. The van der Waals surface area contributed by atoms with Crippen LogP contribution in [0.25, 0.3) is 0 Å². The second-order valence-corrected chi connectivity index (χ2v) is 22.9. The maximum atomic E-state index is 15.3. The van der Waals surface area contributed by atoms with Gasteiger partial charge in [0.25, 0.3) is 0 Å². The predicted molar refractivity (Wildman–Crippen MR) is 140 cm³/mol. The zero-order chi connectivity index (χ0) is 30.8. The predicted octanol–water partition coefficient (Wildman–Crippen LogP) is 8.55. The van der Waals surface area contributed by atoms with Crippen LogP contribution < -0.4 is 10.9 Å². The van der Waals surface area contributed by atoms with Crippen LogP contribution in [0.15, 0.2) is 4.41 Å². The lowest BCUT2D eigenvalue weighted by atomic mass is 9.39. The highest BCUT2D eigenvalue weighted by Crippen LogP contribution is 2.71. The van der Waals surface area contributed by atoms with Crippen molar-refractivity contribution in [1.82, 2.24) is 0 Å². The smallest absolute Gasteiger partial charge is 0.200 e. The van der Waals surface area contributed by atoms with E-state index in [1.165, 1.54) is 0 Å². The van der Waals surface area contributed by atoms with Crippen LogP contribution in [0.3, 0.4) is 0 Å². The number of benzene rings is 2. The van der Waals surface area contributed by atoms with Crippen LogP contribution in [0, 0.1) is 58.2 Å². The van der Waals surface area contributed by atoms with Crippen LogP contribution in [0.1, 0.15) is 41.5 Å². The van der Waals surface area contributed by atoms with E-state index in [9.17, 15) is 26.3 Å². The van der Waals surface area contributed by atoms with Crippen molar-refractivity contribution < 1.29 is 43.9 Å². The highest BCUT2D eigenvalue weighted by atomic mass is 35.5. The quantitative estimate of drug-likeness (QED) is 0.104. The van der Waals surface area contributed by atoms with Gasteiger partial charge in [-0.3, -0.25) is 0 Å². The summed E-state index contributed by atoms with van der Waals surface area (Å²) in [6, 6.07) is -0.942. The normalized spacial score (nSPS) is 13.7. The lowest BCUT2D eigenvalue weighted by Crippen LogP contribution is -2.64. The highest BCUT2D eigenvalue weighted by Gasteiger charge is 2.51. The zero-order valence-electron chi connectivity index (χ0n) is 22.8. The minimum absolute atomic E-state index is 0.942. The standard InChI is InChI=1S/C24H29BClF10NPSi/c1-23(2,3)38(24(4,5)6,37-39(7,8)9)10-25(26,11-13(27)17(31)21(35)18(32)14(11)28)12-15(29)19(33)22(36)20(34)16(12)30/h10H2,1-9H3/q-1. The van der Waals surface area contributed by atoms with Crippen LogP contribution >= 0.6 is 18.5 Å². The van der Waals surface area contributed by atoms with E-state index in [1.54, 1.807) is 61.2 Å². The Kier molecular flexibility index (Phi) is 9.02. The lowest BCUT2D eigenvalue weighted by molar-refractivity contribution is 0.382. The first-order valence-corrected chi connectivity index (χ1v) is 17.6. The van der Waals surface area contributed by atoms with Crippen LogP contribution in [0.4, 0.5) is 43.9 Å². The average Bonchev–Trinajstić information content (AvgIpc) is 2.76. The molecule has 0 unspecified atom stereocenters. The van der Waals surface area contributed by atoms with Gasteiger partial charge in [-0.1, -0.05) is 68.2 Å². The van der Waals surface area contributed by atoms with Gasteiger partial charge in [0, 0.05) is 0 Å². The van der Waals surface area contributed by atoms with Gasteiger partial charge >= 0.3 is 0 Å². The molecule has 0 fully saturated rings. The molecule has 0 aromatic heterocycles. The van der Waals surface area contributed by atoms with E-state index >= 15 is 17.6 Å². The molecule has 15 heteroatoms. The van der Waals surface area contributed by atoms with Crippen molar-refractivity contribution in [3.05, 3.63) is 58.2 Å². The monoisotopic (exact) mass is 626 g/mol. The van der Waals surface area contributed by atoms with E-state index in [-0.39, 0.29) is 0 Å². The molecule has 0 amide bonds. The van der Waals surface area contributed by atoms with E-state index in [0.717, 1.165) is 0 Å². The molecule has 0 aliphatic rings. The SMILES string of the molecule is CC(C)(C)P(C[B-](Cl)(c1c(F)c(F)c(F)c(F)c1F)c1c(F)c(F)c(F)c(F)c1F)(=N[Si](C)(C)C)C(C)(C)C. The minimum Gasteiger partial charge on any atom is -0.377 e. The Morgan fingerprint density at radius 1 is 0.564 bits per heavy atom. The number of nitrogens with zero attached hydrogens (tertiary/aromatic N) is 1. The Balaban J connectivity index is 3.39. The molecule has 0 bridgehead atoms. The summed E-state index contributed by atoms with van der Waals surface area (Å²) in [5, 5.41) is -1.97. The number of hydrogen-bond acceptors (Lipinski definition) is 1. The molecular weight excluding hydrogens is 598 g/mol. The summed E-state index contributed by atoms with van der Waals surface area (Å²) in [4.78, 5) is 0.